The van der Waals surface area contributed by atoms with Crippen molar-refractivity contribution in [1.29, 1.82) is 0 Å². The second kappa shape index (κ2) is 8.19. The highest BCUT2D eigenvalue weighted by Crippen LogP contribution is 2.31. The van der Waals surface area contributed by atoms with Crippen molar-refractivity contribution in [2.24, 2.45) is 0 Å². The zero-order valence-corrected chi connectivity index (χ0v) is 16.9. The zero-order valence-electron chi connectivity index (χ0n) is 16.9. The van der Waals surface area contributed by atoms with E-state index in [9.17, 15) is 0 Å². The van der Waals surface area contributed by atoms with Crippen LogP contribution in [-0.4, -0.2) is 36.1 Å². The Hall–Kier alpha value is -2.59. The van der Waals surface area contributed by atoms with E-state index in [0.717, 1.165) is 46.9 Å². The Morgan fingerprint density at radius 2 is 1.86 bits per heavy atom. The lowest BCUT2D eigenvalue weighted by Crippen LogP contribution is -2.29. The van der Waals surface area contributed by atoms with Gasteiger partial charge >= 0.3 is 0 Å². The average Bonchev–Trinajstić information content (AvgIpc) is 3.31. The quantitative estimate of drug-likeness (QED) is 0.581. The van der Waals surface area contributed by atoms with Gasteiger partial charge in [0.1, 0.15) is 11.5 Å². The van der Waals surface area contributed by atoms with E-state index >= 15 is 0 Å². The number of nitrogens with zero attached hydrogens (tertiary/aromatic N) is 2. The number of oxazole rings is 1. The smallest absolute Gasteiger partial charge is 0.226 e. The molecule has 1 aromatic heterocycles. The fourth-order valence-electron chi connectivity index (χ4n) is 4.03. The molecule has 1 aliphatic heterocycles. The number of ether oxygens (including phenoxy) is 1. The van der Waals surface area contributed by atoms with Gasteiger partial charge in [-0.15, -0.1) is 0 Å². The number of hydrogen-bond donors (Lipinski definition) is 0. The van der Waals surface area contributed by atoms with Gasteiger partial charge in [-0.3, -0.25) is 0 Å². The summed E-state index contributed by atoms with van der Waals surface area (Å²) in [6.07, 6.45) is 3.56. The van der Waals surface area contributed by atoms with Gasteiger partial charge in [0, 0.05) is 30.1 Å². The Morgan fingerprint density at radius 3 is 2.57 bits per heavy atom. The topological polar surface area (TPSA) is 38.5 Å². The van der Waals surface area contributed by atoms with Crippen molar-refractivity contribution >= 4 is 0 Å². The summed E-state index contributed by atoms with van der Waals surface area (Å²) in [6.45, 7) is 6.59. The molecule has 1 saturated heterocycles. The van der Waals surface area contributed by atoms with Crippen molar-refractivity contribution in [1.82, 2.24) is 9.88 Å². The molecule has 0 spiro atoms. The Bertz CT molecular complexity index is 930. The minimum atomic E-state index is 0.689. The van der Waals surface area contributed by atoms with Gasteiger partial charge < -0.3 is 14.1 Å². The van der Waals surface area contributed by atoms with E-state index in [1.807, 2.05) is 25.1 Å². The average molecular weight is 377 g/mol. The normalized spacial score (nSPS) is 17.2. The molecule has 1 atom stereocenters. The maximum Gasteiger partial charge on any atom is 0.226 e. The number of aromatic nitrogens is 1. The molecule has 2 aromatic carbocycles. The molecule has 0 N–H and O–H groups in total. The Morgan fingerprint density at radius 1 is 1.11 bits per heavy atom. The van der Waals surface area contributed by atoms with Crippen molar-refractivity contribution in [2.45, 2.75) is 39.2 Å². The summed E-state index contributed by atoms with van der Waals surface area (Å²) in [5.41, 5.74) is 4.28. The van der Waals surface area contributed by atoms with Crippen LogP contribution in [0.25, 0.3) is 22.6 Å². The molecule has 0 amide bonds. The fourth-order valence-corrected chi connectivity index (χ4v) is 4.03. The highest BCUT2D eigenvalue weighted by molar-refractivity contribution is 5.72. The van der Waals surface area contributed by atoms with E-state index in [1.54, 1.807) is 7.11 Å². The summed E-state index contributed by atoms with van der Waals surface area (Å²) in [5, 5.41) is 0. The van der Waals surface area contributed by atoms with E-state index < -0.39 is 0 Å². The van der Waals surface area contributed by atoms with Crippen LogP contribution in [0.1, 0.15) is 31.2 Å². The predicted octanol–water partition coefficient (Wildman–Crippen LogP) is 5.35. The molecule has 146 valence electrons. The number of benzene rings is 2. The molecule has 0 aliphatic carbocycles. The first kappa shape index (κ1) is 18.8. The van der Waals surface area contributed by atoms with Crippen molar-refractivity contribution < 1.29 is 9.15 Å². The molecule has 1 aliphatic rings. The van der Waals surface area contributed by atoms with Gasteiger partial charge in [0.2, 0.25) is 5.89 Å². The molecule has 3 aromatic rings. The zero-order chi connectivity index (χ0) is 19.5. The third-order valence-corrected chi connectivity index (χ3v) is 5.77. The largest absolute Gasteiger partial charge is 0.496 e. The third-order valence-electron chi connectivity index (χ3n) is 5.77. The lowest BCUT2D eigenvalue weighted by Gasteiger charge is -2.20. The van der Waals surface area contributed by atoms with Gasteiger partial charge in [-0.1, -0.05) is 30.3 Å². The van der Waals surface area contributed by atoms with Gasteiger partial charge in [-0.05, 0) is 57.0 Å². The number of methoxy groups -OCH3 is 1. The second-order valence-electron chi connectivity index (χ2n) is 7.58. The van der Waals surface area contributed by atoms with Crippen molar-refractivity contribution in [3.8, 4) is 28.3 Å². The van der Waals surface area contributed by atoms with Crippen LogP contribution in [0.15, 0.2) is 52.9 Å². The molecule has 28 heavy (non-hydrogen) atoms. The number of likely N-dealkylation sites (tertiary alicyclic amines) is 1. The van der Waals surface area contributed by atoms with E-state index in [4.69, 9.17) is 14.1 Å². The van der Waals surface area contributed by atoms with Crippen LogP contribution in [0.5, 0.6) is 5.75 Å². The molecular formula is C24H28N2O2. The molecule has 4 heteroatoms. The van der Waals surface area contributed by atoms with E-state index in [2.05, 4.69) is 42.2 Å². The number of aryl methyl sites for hydroxylation is 1. The molecular weight excluding hydrogens is 348 g/mol. The van der Waals surface area contributed by atoms with Crippen LogP contribution < -0.4 is 4.74 Å². The first-order valence-corrected chi connectivity index (χ1v) is 10.1. The molecule has 0 radical (unpaired) electrons. The van der Waals surface area contributed by atoms with Gasteiger partial charge in [0.15, 0.2) is 0 Å². The number of rotatable bonds is 6. The van der Waals surface area contributed by atoms with E-state index in [-0.39, 0.29) is 0 Å². The summed E-state index contributed by atoms with van der Waals surface area (Å²) in [4.78, 5) is 7.34. The highest BCUT2D eigenvalue weighted by Gasteiger charge is 2.21. The first-order chi connectivity index (χ1) is 13.7. The summed E-state index contributed by atoms with van der Waals surface area (Å²) in [6, 6.07) is 17.1. The van der Waals surface area contributed by atoms with Gasteiger partial charge in [-0.2, -0.15) is 0 Å². The van der Waals surface area contributed by atoms with Crippen LogP contribution in [0.3, 0.4) is 0 Å². The molecule has 0 saturated carbocycles. The van der Waals surface area contributed by atoms with Crippen LogP contribution >= 0.6 is 0 Å². The van der Waals surface area contributed by atoms with Gasteiger partial charge in [0.25, 0.3) is 0 Å². The second-order valence-corrected chi connectivity index (χ2v) is 7.58. The molecule has 0 bridgehead atoms. The molecule has 1 fully saturated rings. The monoisotopic (exact) mass is 376 g/mol. The van der Waals surface area contributed by atoms with Crippen LogP contribution in [0.4, 0.5) is 0 Å². The first-order valence-electron chi connectivity index (χ1n) is 10.1. The minimum Gasteiger partial charge on any atom is -0.496 e. The summed E-state index contributed by atoms with van der Waals surface area (Å²) in [7, 11) is 1.70. The molecule has 2 heterocycles. The Balaban J connectivity index is 1.50. The lowest BCUT2D eigenvalue weighted by atomic mass is 10.0. The Kier molecular flexibility index (Phi) is 5.49. The highest BCUT2D eigenvalue weighted by atomic mass is 16.5. The fraction of sp³-hybridized carbons (Fsp3) is 0.375. The van der Waals surface area contributed by atoms with Crippen molar-refractivity contribution in [2.75, 3.05) is 20.2 Å². The predicted molar refractivity (Wildman–Crippen MR) is 113 cm³/mol. The molecule has 4 rings (SSSR count). The number of para-hydroxylation sites is 1. The summed E-state index contributed by atoms with van der Waals surface area (Å²) >= 11 is 0. The number of hydrogen-bond acceptors (Lipinski definition) is 4. The summed E-state index contributed by atoms with van der Waals surface area (Å²) < 4.78 is 11.5. The third kappa shape index (κ3) is 3.83. The van der Waals surface area contributed by atoms with E-state index in [0.29, 0.717) is 11.9 Å². The molecule has 0 unspecified atom stereocenters. The van der Waals surface area contributed by atoms with Crippen molar-refractivity contribution in [3.05, 3.63) is 60.0 Å². The van der Waals surface area contributed by atoms with Crippen molar-refractivity contribution in [3.63, 3.8) is 0 Å². The lowest BCUT2D eigenvalue weighted by molar-refractivity contribution is 0.271. The maximum absolute atomic E-state index is 5.98. The van der Waals surface area contributed by atoms with Crippen LogP contribution in [0.2, 0.25) is 0 Å². The Labute approximate surface area is 167 Å². The summed E-state index contributed by atoms with van der Waals surface area (Å²) in [5.74, 6) is 2.50. The van der Waals surface area contributed by atoms with E-state index in [1.165, 1.54) is 19.4 Å². The van der Waals surface area contributed by atoms with Gasteiger partial charge in [0.05, 0.1) is 12.8 Å². The standard InChI is InChI=1S/C24H28N2O2/c1-17-7-6-15-26(17)16-14-22-18(2)28-24(25-22)20-12-10-19(11-13-20)21-8-4-5-9-23(21)27-3/h4-5,8-13,17H,6-7,14-16H2,1-3H3/t17-/m1/s1. The van der Waals surface area contributed by atoms with Crippen LogP contribution in [-0.2, 0) is 6.42 Å². The van der Waals surface area contributed by atoms with Gasteiger partial charge in [-0.25, -0.2) is 4.98 Å². The van der Waals surface area contributed by atoms with Crippen LogP contribution in [0, 0.1) is 6.92 Å². The molecule has 4 nitrogen and oxygen atoms in total. The SMILES string of the molecule is COc1ccccc1-c1ccc(-c2nc(CCN3CCC[C@H]3C)c(C)o2)cc1. The maximum atomic E-state index is 5.98. The minimum absolute atomic E-state index is 0.689.